The van der Waals surface area contributed by atoms with Gasteiger partial charge in [-0.3, -0.25) is 4.79 Å². The smallest absolute Gasteiger partial charge is 0.296 e. The molecule has 0 atom stereocenters. The van der Waals surface area contributed by atoms with Gasteiger partial charge in [0.1, 0.15) is 6.54 Å². The lowest BCUT2D eigenvalue weighted by atomic mass is 10.1. The van der Waals surface area contributed by atoms with E-state index in [0.717, 1.165) is 49.6 Å². The van der Waals surface area contributed by atoms with Crippen molar-refractivity contribution in [2.45, 2.75) is 45.3 Å². The molecule has 2 aromatic carbocycles. The predicted octanol–water partition coefficient (Wildman–Crippen LogP) is 3.01. The zero-order chi connectivity index (χ0) is 22.0. The highest BCUT2D eigenvalue weighted by Gasteiger charge is 2.28. The zero-order valence-electron chi connectivity index (χ0n) is 17.1. The number of rotatable bonds is 6. The molecule has 1 aromatic heterocycles. The van der Waals surface area contributed by atoms with Gasteiger partial charge >= 0.3 is 0 Å². The van der Waals surface area contributed by atoms with E-state index in [1.54, 1.807) is 30.3 Å². The molecule has 10 heteroatoms. The van der Waals surface area contributed by atoms with Crippen LogP contribution >= 0.6 is 46.4 Å². The van der Waals surface area contributed by atoms with E-state index in [0.29, 0.717) is 32.2 Å². The van der Waals surface area contributed by atoms with Crippen LogP contribution in [0, 0.1) is 0 Å². The van der Waals surface area contributed by atoms with Crippen LogP contribution in [0.15, 0.2) is 36.4 Å². The quantitative estimate of drug-likeness (QED) is 0.361. The first-order chi connectivity index (χ1) is 14.9. The third-order valence-corrected chi connectivity index (χ3v) is 6.82. The molecule has 0 radical (unpaired) electrons. The monoisotopic (exact) mass is 576 g/mol. The van der Waals surface area contributed by atoms with Crippen LogP contribution in [-0.2, 0) is 26.1 Å². The Morgan fingerprint density at radius 1 is 0.969 bits per heavy atom. The maximum Gasteiger partial charge on any atom is 0.296 e. The van der Waals surface area contributed by atoms with Crippen molar-refractivity contribution in [3.05, 3.63) is 73.7 Å². The lowest BCUT2D eigenvalue weighted by molar-refractivity contribution is -0.710. The normalized spacial score (nSPS) is 13.1. The van der Waals surface area contributed by atoms with Gasteiger partial charge in [-0.25, -0.2) is 4.57 Å². The van der Waals surface area contributed by atoms with E-state index in [1.165, 1.54) is 0 Å². The molecule has 1 aliphatic rings. The number of benzene rings is 2. The van der Waals surface area contributed by atoms with E-state index in [4.69, 9.17) is 51.5 Å². The first kappa shape index (κ1) is 25.3. The molecule has 0 saturated carbocycles. The molecule has 2 heterocycles. The number of anilines is 1. The van der Waals surface area contributed by atoms with Crippen molar-refractivity contribution in [3.8, 4) is 0 Å². The number of ketones is 1. The van der Waals surface area contributed by atoms with Crippen molar-refractivity contribution in [1.29, 1.82) is 0 Å². The van der Waals surface area contributed by atoms with E-state index in [9.17, 15) is 4.79 Å². The average molecular weight is 579 g/mol. The number of hydrogen-bond donors (Lipinski definition) is 1. The van der Waals surface area contributed by atoms with Crippen LogP contribution in [0.3, 0.4) is 0 Å². The largest absolute Gasteiger partial charge is 1.00 e. The summed E-state index contributed by atoms with van der Waals surface area (Å²) in [5, 5.41) is 9.93. The van der Waals surface area contributed by atoms with Crippen LogP contribution in [0.5, 0.6) is 0 Å². The fourth-order valence-corrected chi connectivity index (χ4v) is 4.33. The third-order valence-electron chi connectivity index (χ3n) is 5.34. The predicted molar refractivity (Wildman–Crippen MR) is 125 cm³/mol. The second-order valence-electron chi connectivity index (χ2n) is 7.49. The van der Waals surface area contributed by atoms with Crippen molar-refractivity contribution in [1.82, 2.24) is 9.78 Å². The number of nitrogens with one attached hydrogen (secondary N) is 1. The number of aromatic nitrogens is 3. The SMILES string of the molecule is O=C(Cn1nc(CNc2ccc(Cl)c(Cl)c2)[n+]2c1CCCCC2)c1ccc(Cl)c(Cl)c1.[Br-]. The molecule has 0 fully saturated rings. The summed E-state index contributed by atoms with van der Waals surface area (Å²) in [6.07, 6.45) is 4.20. The maximum absolute atomic E-state index is 12.9. The minimum atomic E-state index is -0.0577. The van der Waals surface area contributed by atoms with E-state index in [2.05, 4.69) is 9.88 Å². The summed E-state index contributed by atoms with van der Waals surface area (Å²) in [6, 6.07) is 10.4. The van der Waals surface area contributed by atoms with Gasteiger partial charge in [0, 0.05) is 22.8 Å². The Labute approximate surface area is 217 Å². The third kappa shape index (κ3) is 5.78. The molecule has 0 amide bonds. The highest BCUT2D eigenvalue weighted by Crippen LogP contribution is 2.25. The van der Waals surface area contributed by atoms with Crippen LogP contribution in [0.4, 0.5) is 5.69 Å². The van der Waals surface area contributed by atoms with E-state index < -0.39 is 0 Å². The molecule has 32 heavy (non-hydrogen) atoms. The number of fused-ring (bicyclic) bond motifs is 1. The number of carbonyl (C=O) groups excluding carboxylic acids is 1. The van der Waals surface area contributed by atoms with Crippen molar-refractivity contribution < 1.29 is 26.3 Å². The number of halogens is 5. The molecule has 1 aliphatic heterocycles. The van der Waals surface area contributed by atoms with Gasteiger partial charge in [-0.2, -0.15) is 0 Å². The van der Waals surface area contributed by atoms with Gasteiger partial charge in [-0.05, 0) is 55.7 Å². The topological polar surface area (TPSA) is 50.8 Å². The summed E-state index contributed by atoms with van der Waals surface area (Å²) in [4.78, 5) is 12.9. The summed E-state index contributed by atoms with van der Waals surface area (Å²) in [5.74, 6) is 1.89. The fourth-order valence-electron chi connectivity index (χ4n) is 3.73. The summed E-state index contributed by atoms with van der Waals surface area (Å²) < 4.78 is 4.04. The van der Waals surface area contributed by atoms with Gasteiger partial charge < -0.3 is 22.3 Å². The van der Waals surface area contributed by atoms with Gasteiger partial charge in [0.25, 0.3) is 5.82 Å². The molecule has 0 bridgehead atoms. The van der Waals surface area contributed by atoms with Crippen molar-refractivity contribution in [2.75, 3.05) is 5.32 Å². The maximum atomic E-state index is 12.9. The molecule has 0 spiro atoms. The van der Waals surface area contributed by atoms with Crippen molar-refractivity contribution in [3.63, 3.8) is 0 Å². The van der Waals surface area contributed by atoms with E-state index in [-0.39, 0.29) is 29.3 Å². The molecule has 4 rings (SSSR count). The summed E-state index contributed by atoms with van der Waals surface area (Å²) in [6.45, 7) is 1.55. The zero-order valence-corrected chi connectivity index (χ0v) is 21.7. The number of hydrogen-bond acceptors (Lipinski definition) is 3. The number of carbonyl (C=O) groups is 1. The molecule has 0 saturated heterocycles. The molecular formula is C22H21BrCl4N4O. The van der Waals surface area contributed by atoms with Gasteiger partial charge in [0.15, 0.2) is 12.3 Å². The van der Waals surface area contributed by atoms with Crippen LogP contribution in [0.2, 0.25) is 20.1 Å². The average Bonchev–Trinajstić information content (AvgIpc) is 2.91. The molecule has 5 nitrogen and oxygen atoms in total. The van der Waals surface area contributed by atoms with Crippen LogP contribution < -0.4 is 26.9 Å². The Hall–Kier alpha value is -1.31. The number of nitrogens with zero attached hydrogens (tertiary/aromatic N) is 3. The Kier molecular flexibility index (Phi) is 8.87. The second-order valence-corrected chi connectivity index (χ2v) is 9.12. The van der Waals surface area contributed by atoms with Gasteiger partial charge in [-0.1, -0.05) is 46.4 Å². The lowest BCUT2D eigenvalue weighted by Gasteiger charge is -2.06. The standard InChI is InChI=1S/C22H21Cl4N4O.BrH/c23-16-7-5-14(10-18(16)25)20(31)13-30-22-4-2-1-3-9-29(22)21(28-30)12-27-15-6-8-17(24)19(26)11-15;/h5-8,10-11,27H,1-4,9,12-13H2;1H/q+1;/p-1. The first-order valence-corrected chi connectivity index (χ1v) is 11.6. The summed E-state index contributed by atoms with van der Waals surface area (Å²) in [7, 11) is 0. The van der Waals surface area contributed by atoms with Crippen LogP contribution in [0.1, 0.15) is 41.3 Å². The molecule has 170 valence electrons. The summed E-state index contributed by atoms with van der Waals surface area (Å²) >= 11 is 24.2. The van der Waals surface area contributed by atoms with Gasteiger partial charge in [-0.15, -0.1) is 4.68 Å². The molecule has 0 unspecified atom stereocenters. The molecule has 1 N–H and O–H groups in total. The number of Topliss-reactive ketones (excluding diaryl/α,β-unsaturated/α-hetero) is 1. The molecule has 0 aliphatic carbocycles. The Morgan fingerprint density at radius 3 is 2.41 bits per heavy atom. The highest BCUT2D eigenvalue weighted by atomic mass is 79.9. The lowest BCUT2D eigenvalue weighted by Crippen LogP contribution is -3.00. The first-order valence-electron chi connectivity index (χ1n) is 10.1. The molecular weight excluding hydrogens is 558 g/mol. The molecule has 3 aromatic rings. The van der Waals surface area contributed by atoms with Crippen molar-refractivity contribution >= 4 is 57.9 Å². The van der Waals surface area contributed by atoms with Crippen LogP contribution in [-0.4, -0.2) is 15.6 Å². The Balaban J connectivity index is 0.00000289. The fraction of sp³-hybridized carbons (Fsp3) is 0.318. The van der Waals surface area contributed by atoms with Gasteiger partial charge in [0.05, 0.1) is 26.6 Å². The van der Waals surface area contributed by atoms with E-state index >= 15 is 0 Å². The van der Waals surface area contributed by atoms with Crippen molar-refractivity contribution in [2.24, 2.45) is 0 Å². The second kappa shape index (κ2) is 11.2. The minimum Gasteiger partial charge on any atom is -1.00 e. The highest BCUT2D eigenvalue weighted by molar-refractivity contribution is 6.42. The minimum absolute atomic E-state index is 0. The Morgan fingerprint density at radius 2 is 1.69 bits per heavy atom. The Bertz CT molecular complexity index is 1140. The van der Waals surface area contributed by atoms with Gasteiger partial charge in [0.2, 0.25) is 5.82 Å². The van der Waals surface area contributed by atoms with E-state index in [1.807, 2.05) is 10.7 Å². The summed E-state index contributed by atoms with van der Waals surface area (Å²) in [5.41, 5.74) is 1.38. The van der Waals surface area contributed by atoms with Crippen LogP contribution in [0.25, 0.3) is 0 Å².